The highest BCUT2D eigenvalue weighted by atomic mass is 32.1. The fourth-order valence-electron chi connectivity index (χ4n) is 2.53. The van der Waals surface area contributed by atoms with Crippen molar-refractivity contribution >= 4 is 28.3 Å². The first-order valence-corrected chi connectivity index (χ1v) is 8.67. The lowest BCUT2D eigenvalue weighted by molar-refractivity contribution is 0.0593. The van der Waals surface area contributed by atoms with Gasteiger partial charge in [-0.25, -0.2) is 9.78 Å². The van der Waals surface area contributed by atoms with Gasteiger partial charge in [0.25, 0.3) is 5.91 Å². The predicted molar refractivity (Wildman–Crippen MR) is 96.6 cm³/mol. The van der Waals surface area contributed by atoms with Crippen LogP contribution in [-0.2, 0) is 11.2 Å². The minimum Gasteiger partial charge on any atom is -0.464 e. The third-order valence-corrected chi connectivity index (χ3v) is 4.74. The van der Waals surface area contributed by atoms with Crippen LogP contribution in [0.25, 0.3) is 0 Å². The lowest BCUT2D eigenvalue weighted by Gasteiger charge is -2.00. The number of benzene rings is 1. The van der Waals surface area contributed by atoms with E-state index in [0.29, 0.717) is 28.6 Å². The van der Waals surface area contributed by atoms with Gasteiger partial charge in [-0.05, 0) is 19.4 Å². The van der Waals surface area contributed by atoms with Crippen LogP contribution >= 0.6 is 11.3 Å². The van der Waals surface area contributed by atoms with E-state index in [4.69, 9.17) is 9.26 Å². The molecule has 0 saturated heterocycles. The SMILES string of the molecule is COC(=O)c1nc(NC(=O)c2c(C)noc2C)sc1Cc1ccccc1. The number of nitrogens with one attached hydrogen (secondary N) is 1. The number of aryl methyl sites for hydroxylation is 2. The van der Waals surface area contributed by atoms with Crippen LogP contribution in [0.3, 0.4) is 0 Å². The average Bonchev–Trinajstić information content (AvgIpc) is 3.17. The van der Waals surface area contributed by atoms with Crippen molar-refractivity contribution in [2.75, 3.05) is 12.4 Å². The first-order chi connectivity index (χ1) is 12.5. The van der Waals surface area contributed by atoms with E-state index in [-0.39, 0.29) is 11.6 Å². The Kier molecular flexibility index (Phi) is 5.13. The quantitative estimate of drug-likeness (QED) is 0.691. The van der Waals surface area contributed by atoms with Crippen LogP contribution in [0.1, 0.15) is 42.7 Å². The average molecular weight is 371 g/mol. The van der Waals surface area contributed by atoms with Crippen molar-refractivity contribution < 1.29 is 18.8 Å². The number of carbonyl (C=O) groups is 2. The number of hydrogen-bond donors (Lipinski definition) is 1. The number of carbonyl (C=O) groups excluding carboxylic acids is 2. The van der Waals surface area contributed by atoms with E-state index >= 15 is 0 Å². The van der Waals surface area contributed by atoms with Gasteiger partial charge >= 0.3 is 5.97 Å². The molecular weight excluding hydrogens is 354 g/mol. The van der Waals surface area contributed by atoms with Crippen LogP contribution < -0.4 is 5.32 Å². The van der Waals surface area contributed by atoms with Gasteiger partial charge in [-0.1, -0.05) is 35.5 Å². The fourth-order valence-corrected chi connectivity index (χ4v) is 3.51. The molecule has 0 fully saturated rings. The number of esters is 1. The van der Waals surface area contributed by atoms with Gasteiger partial charge in [0.15, 0.2) is 10.8 Å². The lowest BCUT2D eigenvalue weighted by atomic mass is 10.1. The molecule has 1 N–H and O–H groups in total. The Balaban J connectivity index is 1.88. The Labute approximate surface area is 154 Å². The topological polar surface area (TPSA) is 94.3 Å². The van der Waals surface area contributed by atoms with E-state index in [1.54, 1.807) is 13.8 Å². The molecule has 1 aromatic carbocycles. The number of ether oxygens (including phenoxy) is 1. The summed E-state index contributed by atoms with van der Waals surface area (Å²) in [6.45, 7) is 3.35. The Hall–Kier alpha value is -3.00. The van der Waals surface area contributed by atoms with Crippen LogP contribution in [0, 0.1) is 13.8 Å². The highest BCUT2D eigenvalue weighted by Crippen LogP contribution is 2.27. The summed E-state index contributed by atoms with van der Waals surface area (Å²) in [5.41, 5.74) is 2.10. The van der Waals surface area contributed by atoms with Crippen molar-refractivity contribution in [3.8, 4) is 0 Å². The Morgan fingerprint density at radius 2 is 1.96 bits per heavy atom. The van der Waals surface area contributed by atoms with Crippen molar-refractivity contribution in [1.82, 2.24) is 10.1 Å². The van der Waals surface area contributed by atoms with Crippen LogP contribution in [0.4, 0.5) is 5.13 Å². The van der Waals surface area contributed by atoms with E-state index < -0.39 is 5.97 Å². The highest BCUT2D eigenvalue weighted by Gasteiger charge is 2.23. The van der Waals surface area contributed by atoms with Crippen molar-refractivity contribution in [2.24, 2.45) is 0 Å². The number of methoxy groups -OCH3 is 1. The Morgan fingerprint density at radius 1 is 1.23 bits per heavy atom. The van der Waals surface area contributed by atoms with Gasteiger partial charge in [-0.15, -0.1) is 11.3 Å². The van der Waals surface area contributed by atoms with Crippen LogP contribution in [0.2, 0.25) is 0 Å². The molecule has 0 spiro atoms. The molecule has 0 aliphatic heterocycles. The monoisotopic (exact) mass is 371 g/mol. The summed E-state index contributed by atoms with van der Waals surface area (Å²) in [6, 6.07) is 9.70. The number of amides is 1. The summed E-state index contributed by atoms with van der Waals surface area (Å²) < 4.78 is 9.83. The van der Waals surface area contributed by atoms with Crippen LogP contribution in [-0.4, -0.2) is 29.1 Å². The molecule has 8 heteroatoms. The van der Waals surface area contributed by atoms with Crippen molar-refractivity contribution in [3.63, 3.8) is 0 Å². The Bertz CT molecular complexity index is 927. The van der Waals surface area contributed by atoms with E-state index in [2.05, 4.69) is 15.5 Å². The zero-order valence-corrected chi connectivity index (χ0v) is 15.3. The molecule has 0 aliphatic carbocycles. The molecule has 3 rings (SSSR count). The molecule has 2 heterocycles. The molecule has 26 heavy (non-hydrogen) atoms. The number of hydrogen-bond acceptors (Lipinski definition) is 7. The largest absolute Gasteiger partial charge is 0.464 e. The van der Waals surface area contributed by atoms with Crippen LogP contribution in [0.5, 0.6) is 0 Å². The van der Waals surface area contributed by atoms with Crippen LogP contribution in [0.15, 0.2) is 34.9 Å². The minimum absolute atomic E-state index is 0.204. The maximum absolute atomic E-state index is 12.5. The predicted octanol–water partition coefficient (Wildman–Crippen LogP) is 3.38. The smallest absolute Gasteiger partial charge is 0.357 e. The molecule has 0 saturated carbocycles. The van der Waals surface area contributed by atoms with Gasteiger partial charge in [0.05, 0.1) is 12.8 Å². The summed E-state index contributed by atoms with van der Waals surface area (Å²) in [6.07, 6.45) is 0.518. The van der Waals surface area contributed by atoms with E-state index in [1.165, 1.54) is 18.4 Å². The third-order valence-electron chi connectivity index (χ3n) is 3.76. The van der Waals surface area contributed by atoms with Gasteiger partial charge in [-0.3, -0.25) is 10.1 Å². The van der Waals surface area contributed by atoms with Crippen molar-refractivity contribution in [2.45, 2.75) is 20.3 Å². The molecule has 0 radical (unpaired) electrons. The molecule has 0 unspecified atom stereocenters. The number of rotatable bonds is 5. The highest BCUT2D eigenvalue weighted by molar-refractivity contribution is 7.16. The second kappa shape index (κ2) is 7.49. The summed E-state index contributed by atoms with van der Waals surface area (Å²) in [5.74, 6) is -0.489. The van der Waals surface area contributed by atoms with Gasteiger partial charge in [0, 0.05) is 11.3 Å². The molecule has 7 nitrogen and oxygen atoms in total. The summed E-state index contributed by atoms with van der Waals surface area (Å²) in [4.78, 5) is 29.5. The van der Waals surface area contributed by atoms with E-state index in [0.717, 1.165) is 10.4 Å². The normalized spacial score (nSPS) is 10.6. The summed E-state index contributed by atoms with van der Waals surface area (Å²) in [7, 11) is 1.30. The Morgan fingerprint density at radius 3 is 2.58 bits per heavy atom. The van der Waals surface area contributed by atoms with Crippen molar-refractivity contribution in [1.29, 1.82) is 0 Å². The zero-order valence-electron chi connectivity index (χ0n) is 14.5. The number of nitrogens with zero attached hydrogens (tertiary/aromatic N) is 2. The third kappa shape index (κ3) is 3.65. The summed E-state index contributed by atoms with van der Waals surface area (Å²) in [5, 5.41) is 6.80. The first kappa shape index (κ1) is 17.8. The zero-order chi connectivity index (χ0) is 18.7. The second-order valence-corrected chi connectivity index (χ2v) is 6.68. The molecule has 2 aromatic heterocycles. The molecular formula is C18H17N3O4S. The molecule has 0 aliphatic rings. The van der Waals surface area contributed by atoms with Gasteiger partial charge < -0.3 is 9.26 Å². The molecule has 134 valence electrons. The lowest BCUT2D eigenvalue weighted by Crippen LogP contribution is -2.13. The minimum atomic E-state index is -0.537. The van der Waals surface area contributed by atoms with Gasteiger partial charge in [0.2, 0.25) is 0 Å². The molecule has 0 atom stereocenters. The standard InChI is InChI=1S/C18H17N3O4S/c1-10-14(11(2)25-21-10)16(22)20-18-19-15(17(23)24-3)13(26-18)9-12-7-5-4-6-8-12/h4-8H,9H2,1-3H3,(H,19,20,22). The number of anilines is 1. The first-order valence-electron chi connectivity index (χ1n) is 7.85. The molecule has 1 amide bonds. The fraction of sp³-hybridized carbons (Fsp3) is 0.222. The number of thiazole rings is 1. The summed E-state index contributed by atoms with van der Waals surface area (Å²) >= 11 is 1.24. The molecule has 3 aromatic rings. The van der Waals surface area contributed by atoms with Crippen molar-refractivity contribution in [3.05, 3.63) is 63.5 Å². The second-order valence-electron chi connectivity index (χ2n) is 5.60. The molecule has 0 bridgehead atoms. The maximum Gasteiger partial charge on any atom is 0.357 e. The van der Waals surface area contributed by atoms with Gasteiger partial charge in [-0.2, -0.15) is 0 Å². The van der Waals surface area contributed by atoms with E-state index in [1.807, 2.05) is 30.3 Å². The van der Waals surface area contributed by atoms with Gasteiger partial charge in [0.1, 0.15) is 11.3 Å². The maximum atomic E-state index is 12.5. The number of aromatic nitrogens is 2. The van der Waals surface area contributed by atoms with E-state index in [9.17, 15) is 9.59 Å².